The third-order valence-corrected chi connectivity index (χ3v) is 5.03. The van der Waals surface area contributed by atoms with Crippen LogP contribution >= 0.6 is 0 Å². The summed E-state index contributed by atoms with van der Waals surface area (Å²) in [4.78, 5) is 13.0. The Morgan fingerprint density at radius 2 is 2.04 bits per heavy atom. The van der Waals surface area contributed by atoms with E-state index in [-0.39, 0.29) is 12.2 Å². The lowest BCUT2D eigenvalue weighted by Gasteiger charge is -2.15. The molecule has 0 saturated carbocycles. The average Bonchev–Trinajstić information content (AvgIpc) is 2.96. The molecule has 2 aliphatic rings. The molecule has 136 valence electrons. The van der Waals surface area contributed by atoms with Gasteiger partial charge in [-0.2, -0.15) is 0 Å². The van der Waals surface area contributed by atoms with Gasteiger partial charge in [-0.3, -0.25) is 0 Å². The maximum absolute atomic E-state index is 11.4. The van der Waals surface area contributed by atoms with E-state index in [9.17, 15) is 4.79 Å². The maximum Gasteiger partial charge on any atom is 0.410 e. The number of rotatable bonds is 8. The number of likely N-dealkylation sites (N-methyl/N-ethyl adjacent to an activating group) is 1. The Kier molecular flexibility index (Phi) is 6.37. The first-order chi connectivity index (χ1) is 12.2. The zero-order valence-electron chi connectivity index (χ0n) is 15.2. The molecule has 0 bridgehead atoms. The second-order valence-electron chi connectivity index (χ2n) is 7.12. The maximum atomic E-state index is 11.4. The predicted octanol–water partition coefficient (Wildman–Crippen LogP) is 4.73. The van der Waals surface area contributed by atoms with E-state index in [1.807, 2.05) is 12.1 Å². The number of unbranched alkanes of at least 4 members (excludes halogenated alkanes) is 1. The summed E-state index contributed by atoms with van der Waals surface area (Å²) in [6, 6.07) is 8.22. The van der Waals surface area contributed by atoms with E-state index in [2.05, 4.69) is 18.2 Å². The first-order valence-corrected chi connectivity index (χ1v) is 9.53. The number of hydrogen-bond acceptors (Lipinski definition) is 3. The number of allylic oxidation sites excluding steroid dienone is 2. The number of ether oxygens (including phenoxy) is 2. The highest BCUT2D eigenvalue weighted by Gasteiger charge is 2.28. The molecule has 1 amide bonds. The van der Waals surface area contributed by atoms with Gasteiger partial charge in [-0.05, 0) is 63.0 Å². The molecule has 1 unspecified atom stereocenters. The van der Waals surface area contributed by atoms with Crippen molar-refractivity contribution in [2.45, 2.75) is 57.5 Å². The summed E-state index contributed by atoms with van der Waals surface area (Å²) in [6.07, 6.45) is 12.0. The number of carbonyl (C=O) groups is 1. The molecule has 25 heavy (non-hydrogen) atoms. The van der Waals surface area contributed by atoms with Gasteiger partial charge in [0, 0.05) is 7.05 Å². The first kappa shape index (κ1) is 17.8. The molecule has 1 heterocycles. The Balaban J connectivity index is 1.44. The van der Waals surface area contributed by atoms with Gasteiger partial charge < -0.3 is 14.4 Å². The molecular formula is C21H29NO3. The van der Waals surface area contributed by atoms with Crippen molar-refractivity contribution in [2.24, 2.45) is 0 Å². The van der Waals surface area contributed by atoms with Crippen molar-refractivity contribution in [3.63, 3.8) is 0 Å². The summed E-state index contributed by atoms with van der Waals surface area (Å²) in [6.45, 7) is 1.01. The second-order valence-corrected chi connectivity index (χ2v) is 7.12. The largest absolute Gasteiger partial charge is 0.489 e. The fraction of sp³-hybridized carbons (Fsp3) is 0.571. The Morgan fingerprint density at radius 1 is 1.20 bits per heavy atom. The molecule has 1 aromatic carbocycles. The van der Waals surface area contributed by atoms with Crippen LogP contribution < -0.4 is 4.74 Å². The van der Waals surface area contributed by atoms with Crippen molar-refractivity contribution in [3.05, 3.63) is 41.5 Å². The van der Waals surface area contributed by atoms with Crippen LogP contribution in [0, 0.1) is 0 Å². The number of para-hydroxylation sites is 1. The van der Waals surface area contributed by atoms with Gasteiger partial charge in [-0.1, -0.05) is 29.8 Å². The molecule has 1 fully saturated rings. The molecule has 0 N–H and O–H groups in total. The summed E-state index contributed by atoms with van der Waals surface area (Å²) >= 11 is 0. The molecule has 1 atom stereocenters. The normalized spacial score (nSPS) is 20.4. The molecule has 0 radical (unpaired) electrons. The lowest BCUT2D eigenvalue weighted by Crippen LogP contribution is -2.23. The summed E-state index contributed by atoms with van der Waals surface area (Å²) in [5.41, 5.74) is 2.90. The summed E-state index contributed by atoms with van der Waals surface area (Å²) < 4.78 is 11.2. The molecule has 4 nitrogen and oxygen atoms in total. The lowest BCUT2D eigenvalue weighted by atomic mass is 9.94. The monoisotopic (exact) mass is 343 g/mol. The fourth-order valence-electron chi connectivity index (χ4n) is 3.57. The molecule has 1 aromatic rings. The van der Waals surface area contributed by atoms with Crippen LogP contribution in [0.5, 0.6) is 5.75 Å². The molecule has 1 saturated heterocycles. The van der Waals surface area contributed by atoms with E-state index in [0.29, 0.717) is 13.2 Å². The standard InChI is InChI=1S/C21H29NO3/c1-22-15-19(25-21(22)23)16-24-20-14-8-7-13-18(20)12-6-5-11-17-9-3-2-4-10-17/h7-9,13-14,19H,2-6,10-12,15-16H2,1H3. The predicted molar refractivity (Wildman–Crippen MR) is 98.9 cm³/mol. The molecule has 3 rings (SSSR count). The van der Waals surface area contributed by atoms with Crippen LogP contribution in [0.15, 0.2) is 35.9 Å². The lowest BCUT2D eigenvalue weighted by molar-refractivity contribution is 0.103. The molecule has 1 aliphatic carbocycles. The van der Waals surface area contributed by atoms with Gasteiger partial charge >= 0.3 is 6.09 Å². The third kappa shape index (κ3) is 5.25. The van der Waals surface area contributed by atoms with Crippen LogP contribution in [0.25, 0.3) is 0 Å². The zero-order chi connectivity index (χ0) is 17.5. The van der Waals surface area contributed by atoms with Crippen LogP contribution in [0.2, 0.25) is 0 Å². The molecule has 4 heteroatoms. The van der Waals surface area contributed by atoms with Crippen LogP contribution in [0.3, 0.4) is 0 Å². The van der Waals surface area contributed by atoms with Crippen LogP contribution in [-0.4, -0.2) is 37.3 Å². The zero-order valence-corrected chi connectivity index (χ0v) is 15.2. The van der Waals surface area contributed by atoms with Gasteiger partial charge in [0.15, 0.2) is 6.10 Å². The number of amides is 1. The smallest absolute Gasteiger partial charge is 0.410 e. The van der Waals surface area contributed by atoms with Gasteiger partial charge in [-0.15, -0.1) is 0 Å². The third-order valence-electron chi connectivity index (χ3n) is 5.03. The van der Waals surface area contributed by atoms with Crippen LogP contribution in [0.1, 0.15) is 50.5 Å². The van der Waals surface area contributed by atoms with Crippen molar-refractivity contribution in [1.82, 2.24) is 4.90 Å². The number of hydrogen-bond donors (Lipinski definition) is 0. The Bertz CT molecular complexity index is 611. The number of benzene rings is 1. The van der Waals surface area contributed by atoms with E-state index in [4.69, 9.17) is 9.47 Å². The number of aryl methyl sites for hydroxylation is 1. The average molecular weight is 343 g/mol. The van der Waals surface area contributed by atoms with Crippen molar-refractivity contribution in [1.29, 1.82) is 0 Å². The highest BCUT2D eigenvalue weighted by atomic mass is 16.6. The Morgan fingerprint density at radius 3 is 2.80 bits per heavy atom. The SMILES string of the molecule is CN1CC(COc2ccccc2CCCCC2=CCCCC2)OC1=O. The minimum absolute atomic E-state index is 0.177. The Hall–Kier alpha value is -1.97. The van der Waals surface area contributed by atoms with Gasteiger partial charge in [0.2, 0.25) is 0 Å². The summed E-state index contributed by atoms with van der Waals surface area (Å²) in [5, 5.41) is 0. The fourth-order valence-corrected chi connectivity index (χ4v) is 3.57. The second kappa shape index (κ2) is 8.93. The Labute approximate surface area is 150 Å². The van der Waals surface area contributed by atoms with E-state index >= 15 is 0 Å². The van der Waals surface area contributed by atoms with Crippen LogP contribution in [0.4, 0.5) is 4.79 Å². The molecule has 0 spiro atoms. The number of cyclic esters (lactones) is 1. The highest BCUT2D eigenvalue weighted by Crippen LogP contribution is 2.24. The summed E-state index contributed by atoms with van der Waals surface area (Å²) in [5.74, 6) is 0.921. The van der Waals surface area contributed by atoms with E-state index in [1.54, 1.807) is 17.5 Å². The topological polar surface area (TPSA) is 38.8 Å². The van der Waals surface area contributed by atoms with Gasteiger partial charge in [0.05, 0.1) is 6.54 Å². The van der Waals surface area contributed by atoms with Crippen molar-refractivity contribution >= 4 is 6.09 Å². The molecule has 1 aliphatic heterocycles. The minimum Gasteiger partial charge on any atom is -0.489 e. The van der Waals surface area contributed by atoms with Crippen molar-refractivity contribution < 1.29 is 14.3 Å². The quantitative estimate of drug-likeness (QED) is 0.506. The first-order valence-electron chi connectivity index (χ1n) is 9.53. The van der Waals surface area contributed by atoms with Gasteiger partial charge in [0.25, 0.3) is 0 Å². The van der Waals surface area contributed by atoms with Crippen molar-refractivity contribution in [2.75, 3.05) is 20.2 Å². The minimum atomic E-state index is -0.265. The van der Waals surface area contributed by atoms with E-state index in [0.717, 1.165) is 12.2 Å². The summed E-state index contributed by atoms with van der Waals surface area (Å²) in [7, 11) is 1.75. The highest BCUT2D eigenvalue weighted by molar-refractivity contribution is 5.69. The molecule has 0 aromatic heterocycles. The van der Waals surface area contributed by atoms with Gasteiger partial charge in [-0.25, -0.2) is 4.79 Å². The van der Waals surface area contributed by atoms with Crippen LogP contribution in [-0.2, 0) is 11.2 Å². The van der Waals surface area contributed by atoms with Gasteiger partial charge in [0.1, 0.15) is 12.4 Å². The van der Waals surface area contributed by atoms with E-state index < -0.39 is 0 Å². The molecular weight excluding hydrogens is 314 g/mol. The van der Waals surface area contributed by atoms with Crippen molar-refractivity contribution in [3.8, 4) is 5.75 Å². The number of carbonyl (C=O) groups excluding carboxylic acids is 1. The van der Waals surface area contributed by atoms with E-state index in [1.165, 1.54) is 50.5 Å². The number of nitrogens with zero attached hydrogens (tertiary/aromatic N) is 1.